The van der Waals surface area contributed by atoms with Crippen LogP contribution >= 0.6 is 11.8 Å². The van der Waals surface area contributed by atoms with E-state index < -0.39 is 0 Å². The van der Waals surface area contributed by atoms with Gasteiger partial charge < -0.3 is 4.74 Å². The molecule has 0 saturated carbocycles. The summed E-state index contributed by atoms with van der Waals surface area (Å²) in [4.78, 5) is 2.52. The molecule has 0 radical (unpaired) electrons. The van der Waals surface area contributed by atoms with Crippen LogP contribution in [0.15, 0.2) is 35.5 Å². The first kappa shape index (κ1) is 16.1. The van der Waals surface area contributed by atoms with Gasteiger partial charge in [0.25, 0.3) is 0 Å². The zero-order valence-corrected chi connectivity index (χ0v) is 14.6. The third-order valence-electron chi connectivity index (χ3n) is 4.75. The molecular weight excluding hydrogens is 322 g/mol. The maximum Gasteiger partial charge on any atom is 0.209 e. The molecule has 1 atom stereocenters. The van der Waals surface area contributed by atoms with Gasteiger partial charge in [-0.3, -0.25) is 4.90 Å². The minimum atomic E-state index is 0.387. The predicted octanol–water partition coefficient (Wildman–Crippen LogP) is 2.39. The average Bonchev–Trinajstić information content (AvgIpc) is 3.27. The maximum absolute atomic E-state index is 5.45. The summed E-state index contributed by atoms with van der Waals surface area (Å²) in [5.74, 6) is 0. The molecule has 2 aliphatic rings. The molecule has 2 aromatic rings. The Morgan fingerprint density at radius 2 is 1.96 bits per heavy atom. The number of likely N-dealkylation sites (tertiary alicyclic amines) is 1. The summed E-state index contributed by atoms with van der Waals surface area (Å²) in [5, 5.41) is 14.0. The zero-order chi connectivity index (χ0) is 16.2. The van der Waals surface area contributed by atoms with Crippen LogP contribution in [0.25, 0.3) is 0 Å². The van der Waals surface area contributed by atoms with Gasteiger partial charge in [-0.05, 0) is 41.8 Å². The molecule has 7 heteroatoms. The number of nitrogens with zero attached hydrogens (tertiary/aromatic N) is 5. The second-order valence-electron chi connectivity index (χ2n) is 6.50. The lowest BCUT2D eigenvalue weighted by atomic mass is 10.1. The van der Waals surface area contributed by atoms with Crippen LogP contribution in [0.5, 0.6) is 0 Å². The molecule has 2 fully saturated rings. The van der Waals surface area contributed by atoms with E-state index in [1.165, 1.54) is 12.0 Å². The molecule has 1 aromatic carbocycles. The Balaban J connectivity index is 1.34. The van der Waals surface area contributed by atoms with E-state index in [9.17, 15) is 0 Å². The van der Waals surface area contributed by atoms with Crippen LogP contribution in [0.2, 0.25) is 0 Å². The smallest absolute Gasteiger partial charge is 0.209 e. The van der Waals surface area contributed by atoms with E-state index in [1.54, 1.807) is 0 Å². The summed E-state index contributed by atoms with van der Waals surface area (Å²) in [7, 11) is 0. The van der Waals surface area contributed by atoms with Crippen molar-refractivity contribution in [2.75, 3.05) is 26.3 Å². The molecule has 0 bridgehead atoms. The summed E-state index contributed by atoms with van der Waals surface area (Å²) in [5.41, 5.74) is 1.38. The van der Waals surface area contributed by atoms with Crippen LogP contribution in [0, 0.1) is 0 Å². The van der Waals surface area contributed by atoms with Crippen molar-refractivity contribution in [3.8, 4) is 0 Å². The van der Waals surface area contributed by atoms with Gasteiger partial charge in [0.05, 0.1) is 6.04 Å². The Kier molecular flexibility index (Phi) is 5.10. The fraction of sp³-hybridized carbons (Fsp3) is 0.588. The first-order valence-electron chi connectivity index (χ1n) is 8.67. The number of thioether (sulfide) groups is 1. The normalized spacial score (nSPS) is 22.9. The van der Waals surface area contributed by atoms with E-state index in [1.807, 2.05) is 16.4 Å². The highest BCUT2D eigenvalue weighted by atomic mass is 32.2. The van der Waals surface area contributed by atoms with Crippen LogP contribution in [-0.2, 0) is 11.3 Å². The van der Waals surface area contributed by atoms with Crippen molar-refractivity contribution in [1.82, 2.24) is 25.1 Å². The highest BCUT2D eigenvalue weighted by Crippen LogP contribution is 2.31. The lowest BCUT2D eigenvalue weighted by Crippen LogP contribution is -2.22. The van der Waals surface area contributed by atoms with Crippen LogP contribution in [0.1, 0.15) is 30.9 Å². The molecule has 0 aliphatic carbocycles. The van der Waals surface area contributed by atoms with Gasteiger partial charge in [0, 0.05) is 31.6 Å². The van der Waals surface area contributed by atoms with E-state index in [4.69, 9.17) is 4.74 Å². The molecule has 0 spiro atoms. The van der Waals surface area contributed by atoms with Gasteiger partial charge in [-0.1, -0.05) is 42.1 Å². The van der Waals surface area contributed by atoms with E-state index in [2.05, 4.69) is 50.8 Å². The SMILES string of the molecule is c1ccc(CN2CCC(Sc3nnnn3C3CCOCC3)C2)cc1. The average molecular weight is 345 g/mol. The molecule has 1 aromatic heterocycles. The predicted molar refractivity (Wildman–Crippen MR) is 92.9 cm³/mol. The topological polar surface area (TPSA) is 56.1 Å². The number of tetrazole rings is 1. The molecular formula is C17H23N5OS. The third-order valence-corrected chi connectivity index (χ3v) is 5.95. The standard InChI is InChI=1S/C17H23N5OS/c1-2-4-14(5-3-1)12-21-9-6-16(13-21)24-17-18-19-20-22(17)15-7-10-23-11-8-15/h1-5,15-16H,6-13H2. The van der Waals surface area contributed by atoms with Gasteiger partial charge >= 0.3 is 0 Å². The number of benzene rings is 1. The van der Waals surface area contributed by atoms with Crippen LogP contribution in [-0.4, -0.2) is 56.7 Å². The second kappa shape index (κ2) is 7.63. The fourth-order valence-corrected chi connectivity index (χ4v) is 4.63. The Labute approximate surface area is 146 Å². The van der Waals surface area contributed by atoms with Gasteiger partial charge in [-0.15, -0.1) is 5.10 Å². The Hall–Kier alpha value is -1.44. The molecule has 2 saturated heterocycles. The number of ether oxygens (including phenoxy) is 1. The lowest BCUT2D eigenvalue weighted by molar-refractivity contribution is 0.0631. The van der Waals surface area contributed by atoms with Crippen molar-refractivity contribution < 1.29 is 4.74 Å². The number of rotatable bonds is 5. The lowest BCUT2D eigenvalue weighted by Gasteiger charge is -2.23. The van der Waals surface area contributed by atoms with Crippen LogP contribution in [0.3, 0.4) is 0 Å². The molecule has 1 unspecified atom stereocenters. The van der Waals surface area contributed by atoms with Crippen molar-refractivity contribution in [2.45, 2.75) is 42.3 Å². The summed E-state index contributed by atoms with van der Waals surface area (Å²) in [6.07, 6.45) is 3.20. The molecule has 24 heavy (non-hydrogen) atoms. The number of hydrogen-bond donors (Lipinski definition) is 0. The summed E-state index contributed by atoms with van der Waals surface area (Å²) in [6, 6.07) is 11.1. The maximum atomic E-state index is 5.45. The minimum absolute atomic E-state index is 0.387. The second-order valence-corrected chi connectivity index (χ2v) is 7.77. The summed E-state index contributed by atoms with van der Waals surface area (Å²) in [6.45, 7) is 4.89. The zero-order valence-electron chi connectivity index (χ0n) is 13.8. The highest BCUT2D eigenvalue weighted by molar-refractivity contribution is 7.99. The quantitative estimate of drug-likeness (QED) is 0.829. The molecule has 0 N–H and O–H groups in total. The molecule has 3 heterocycles. The van der Waals surface area contributed by atoms with E-state index in [0.29, 0.717) is 11.3 Å². The first-order chi connectivity index (χ1) is 11.9. The van der Waals surface area contributed by atoms with Gasteiger partial charge in [-0.25, -0.2) is 4.68 Å². The van der Waals surface area contributed by atoms with Gasteiger partial charge in [-0.2, -0.15) is 0 Å². The molecule has 0 amide bonds. The Bertz CT molecular complexity index is 643. The molecule has 128 valence electrons. The van der Waals surface area contributed by atoms with Gasteiger partial charge in [0.1, 0.15) is 0 Å². The van der Waals surface area contributed by atoms with E-state index in [-0.39, 0.29) is 0 Å². The molecule has 2 aliphatic heterocycles. The Morgan fingerprint density at radius 3 is 2.79 bits per heavy atom. The van der Waals surface area contributed by atoms with E-state index in [0.717, 1.165) is 50.8 Å². The monoisotopic (exact) mass is 345 g/mol. The van der Waals surface area contributed by atoms with Crippen LogP contribution < -0.4 is 0 Å². The van der Waals surface area contributed by atoms with Crippen molar-refractivity contribution in [3.63, 3.8) is 0 Å². The van der Waals surface area contributed by atoms with Gasteiger partial charge in [0.15, 0.2) is 0 Å². The highest BCUT2D eigenvalue weighted by Gasteiger charge is 2.27. The Morgan fingerprint density at radius 1 is 1.12 bits per heavy atom. The van der Waals surface area contributed by atoms with E-state index >= 15 is 0 Å². The summed E-state index contributed by atoms with van der Waals surface area (Å²) < 4.78 is 7.47. The van der Waals surface area contributed by atoms with Crippen LogP contribution in [0.4, 0.5) is 0 Å². The third kappa shape index (κ3) is 3.79. The van der Waals surface area contributed by atoms with Crippen molar-refractivity contribution in [3.05, 3.63) is 35.9 Å². The van der Waals surface area contributed by atoms with Gasteiger partial charge in [0.2, 0.25) is 5.16 Å². The molecule has 6 nitrogen and oxygen atoms in total. The first-order valence-corrected chi connectivity index (χ1v) is 9.55. The number of aromatic nitrogens is 4. The minimum Gasteiger partial charge on any atom is -0.381 e. The van der Waals surface area contributed by atoms with Crippen molar-refractivity contribution in [1.29, 1.82) is 0 Å². The fourth-order valence-electron chi connectivity index (χ4n) is 3.45. The van der Waals surface area contributed by atoms with Crippen molar-refractivity contribution >= 4 is 11.8 Å². The summed E-state index contributed by atoms with van der Waals surface area (Å²) >= 11 is 1.84. The molecule has 4 rings (SSSR count). The van der Waals surface area contributed by atoms with Crippen molar-refractivity contribution in [2.24, 2.45) is 0 Å². The largest absolute Gasteiger partial charge is 0.381 e. The number of hydrogen-bond acceptors (Lipinski definition) is 6.